The molecule has 1 aliphatic heterocycles. The van der Waals surface area contributed by atoms with E-state index in [0.717, 1.165) is 0 Å². The molecular formula is C8H18N4O2P2. The SMILES string of the molecule is CC(C)C(=O)NN1PNP1NC(=O)C(C)C. The monoisotopic (exact) mass is 264 g/mol. The molecule has 1 fully saturated rings. The van der Waals surface area contributed by atoms with Crippen molar-refractivity contribution in [3.8, 4) is 0 Å². The molecule has 2 unspecified atom stereocenters. The first kappa shape index (κ1) is 13.8. The van der Waals surface area contributed by atoms with Crippen LogP contribution in [0.1, 0.15) is 27.7 Å². The van der Waals surface area contributed by atoms with Crippen LogP contribution >= 0.6 is 17.3 Å². The molecule has 6 nitrogen and oxygen atoms in total. The summed E-state index contributed by atoms with van der Waals surface area (Å²) >= 11 is 0. The van der Waals surface area contributed by atoms with Gasteiger partial charge in [-0.2, -0.15) is 0 Å². The van der Waals surface area contributed by atoms with Gasteiger partial charge in [-0.05, 0) is 0 Å². The van der Waals surface area contributed by atoms with Gasteiger partial charge in [0.2, 0.25) is 11.8 Å². The van der Waals surface area contributed by atoms with Crippen LogP contribution in [0.5, 0.6) is 0 Å². The van der Waals surface area contributed by atoms with E-state index in [1.807, 2.05) is 27.7 Å². The molecule has 92 valence electrons. The van der Waals surface area contributed by atoms with E-state index in [4.69, 9.17) is 0 Å². The lowest BCUT2D eigenvalue weighted by molar-refractivity contribution is -0.126. The molecule has 2 atom stereocenters. The molecule has 1 rings (SSSR count). The first-order chi connectivity index (χ1) is 7.41. The van der Waals surface area contributed by atoms with Gasteiger partial charge in [0, 0.05) is 11.8 Å². The summed E-state index contributed by atoms with van der Waals surface area (Å²) in [7, 11) is -0.590. The lowest BCUT2D eigenvalue weighted by Gasteiger charge is -2.40. The zero-order valence-corrected chi connectivity index (χ0v) is 11.8. The van der Waals surface area contributed by atoms with Crippen molar-refractivity contribution in [2.45, 2.75) is 27.7 Å². The number of nitrogens with one attached hydrogen (secondary N) is 3. The third-order valence-corrected chi connectivity index (χ3v) is 5.35. The van der Waals surface area contributed by atoms with E-state index < -0.39 is 8.37 Å². The minimum absolute atomic E-state index is 0.00749. The standard InChI is InChI=1S/C8H18N4O2P2/c1-5(2)7(13)9-12-15-11-16(12)10-8(14)6(3)4/h5-6,11,15H,1-4H3,(H,9,13)(H,10,14). The highest BCUT2D eigenvalue weighted by Gasteiger charge is 2.32. The van der Waals surface area contributed by atoms with Crippen LogP contribution in [0.2, 0.25) is 0 Å². The Bertz CT molecular complexity index is 257. The number of hydrazine groups is 1. The van der Waals surface area contributed by atoms with Crippen molar-refractivity contribution in [1.29, 1.82) is 0 Å². The highest BCUT2D eigenvalue weighted by Crippen LogP contribution is 2.51. The number of amides is 2. The summed E-state index contributed by atoms with van der Waals surface area (Å²) in [6, 6.07) is 0. The Morgan fingerprint density at radius 1 is 1.19 bits per heavy atom. The molecule has 3 N–H and O–H groups in total. The molecular weight excluding hydrogens is 246 g/mol. The van der Waals surface area contributed by atoms with Crippen molar-refractivity contribution in [3.63, 3.8) is 0 Å². The quantitative estimate of drug-likeness (QED) is 0.664. The molecule has 0 spiro atoms. The third-order valence-electron chi connectivity index (χ3n) is 1.94. The van der Waals surface area contributed by atoms with E-state index in [0.29, 0.717) is 8.88 Å². The molecule has 0 saturated carbocycles. The molecule has 8 heteroatoms. The Kier molecular flexibility index (Phi) is 5.06. The van der Waals surface area contributed by atoms with Gasteiger partial charge in [0.1, 0.15) is 0 Å². The largest absolute Gasteiger partial charge is 0.308 e. The second kappa shape index (κ2) is 5.87. The average Bonchev–Trinajstić information content (AvgIpc) is 2.19. The fourth-order valence-electron chi connectivity index (χ4n) is 0.773. The van der Waals surface area contributed by atoms with Crippen molar-refractivity contribution in [2.24, 2.45) is 11.8 Å². The molecule has 1 saturated heterocycles. The summed E-state index contributed by atoms with van der Waals surface area (Å²) < 4.78 is 1.76. The maximum atomic E-state index is 11.4. The molecule has 0 aromatic carbocycles. The summed E-state index contributed by atoms with van der Waals surface area (Å²) in [5.74, 6) is -0.133. The normalized spacial score (nSPS) is 22.2. The van der Waals surface area contributed by atoms with E-state index in [1.165, 1.54) is 0 Å². The summed E-state index contributed by atoms with van der Waals surface area (Å²) in [6.45, 7) is 7.34. The number of nitrogens with zero attached hydrogens (tertiary/aromatic N) is 1. The molecule has 0 aliphatic carbocycles. The predicted octanol–water partition coefficient (Wildman–Crippen LogP) is 1.09. The average molecular weight is 264 g/mol. The summed E-state index contributed by atoms with van der Waals surface area (Å²) in [6.07, 6.45) is 0. The summed E-state index contributed by atoms with van der Waals surface area (Å²) in [5, 5.41) is 2.84. The Morgan fingerprint density at radius 3 is 2.12 bits per heavy atom. The van der Waals surface area contributed by atoms with Gasteiger partial charge in [0.15, 0.2) is 8.37 Å². The minimum Gasteiger partial charge on any atom is -0.308 e. The summed E-state index contributed by atoms with van der Waals surface area (Å²) in [5.41, 5.74) is 2.77. The van der Waals surface area contributed by atoms with Crippen LogP contribution in [-0.4, -0.2) is 16.4 Å². The number of carbonyl (C=O) groups is 2. The van der Waals surface area contributed by atoms with Crippen LogP contribution in [0, 0.1) is 11.8 Å². The lowest BCUT2D eigenvalue weighted by atomic mass is 10.2. The minimum atomic E-state index is -0.926. The second-order valence-corrected chi connectivity index (χ2v) is 7.30. The van der Waals surface area contributed by atoms with Crippen molar-refractivity contribution >= 4 is 29.1 Å². The van der Waals surface area contributed by atoms with Gasteiger partial charge >= 0.3 is 0 Å². The van der Waals surface area contributed by atoms with Gasteiger partial charge < -0.3 is 5.09 Å². The van der Waals surface area contributed by atoms with E-state index in [2.05, 4.69) is 15.4 Å². The van der Waals surface area contributed by atoms with E-state index in [-0.39, 0.29) is 23.7 Å². The van der Waals surface area contributed by atoms with Crippen LogP contribution < -0.4 is 15.4 Å². The van der Waals surface area contributed by atoms with Crippen LogP contribution in [-0.2, 0) is 9.59 Å². The van der Waals surface area contributed by atoms with Gasteiger partial charge in [-0.25, -0.2) is 4.86 Å². The molecule has 2 amide bonds. The van der Waals surface area contributed by atoms with Crippen molar-refractivity contribution in [3.05, 3.63) is 0 Å². The fourth-order valence-corrected chi connectivity index (χ4v) is 3.28. The Balaban J connectivity index is 2.36. The van der Waals surface area contributed by atoms with Gasteiger partial charge in [0.05, 0.1) is 8.88 Å². The number of rotatable bonds is 4. The van der Waals surface area contributed by atoms with Gasteiger partial charge in [0.25, 0.3) is 0 Å². The highest BCUT2D eigenvalue weighted by atomic mass is 31.2. The molecule has 1 heterocycles. The van der Waals surface area contributed by atoms with E-state index in [1.54, 1.807) is 4.55 Å². The highest BCUT2D eigenvalue weighted by molar-refractivity contribution is 7.74. The maximum Gasteiger partial charge on any atom is 0.237 e. The van der Waals surface area contributed by atoms with Crippen LogP contribution in [0.15, 0.2) is 0 Å². The molecule has 0 aromatic heterocycles. The first-order valence-corrected chi connectivity index (χ1v) is 7.38. The smallest absolute Gasteiger partial charge is 0.237 e. The number of hydrogen-bond acceptors (Lipinski definition) is 4. The number of hydrogen-bond donors (Lipinski definition) is 3. The van der Waals surface area contributed by atoms with Crippen molar-refractivity contribution in [1.82, 2.24) is 19.9 Å². The van der Waals surface area contributed by atoms with Gasteiger partial charge in [-0.3, -0.25) is 15.0 Å². The Morgan fingerprint density at radius 2 is 1.75 bits per heavy atom. The van der Waals surface area contributed by atoms with Gasteiger partial charge in [-0.15, -0.1) is 4.55 Å². The van der Waals surface area contributed by atoms with Crippen molar-refractivity contribution in [2.75, 3.05) is 0 Å². The van der Waals surface area contributed by atoms with Crippen LogP contribution in [0.4, 0.5) is 0 Å². The zero-order valence-electron chi connectivity index (χ0n) is 9.87. The third kappa shape index (κ3) is 3.63. The van der Waals surface area contributed by atoms with Crippen LogP contribution in [0.25, 0.3) is 0 Å². The molecule has 0 radical (unpaired) electrons. The molecule has 0 bridgehead atoms. The molecule has 1 aliphatic rings. The second-order valence-electron chi connectivity index (χ2n) is 4.11. The fraction of sp³-hybridized carbons (Fsp3) is 0.750. The van der Waals surface area contributed by atoms with E-state index >= 15 is 0 Å². The molecule has 0 aromatic rings. The maximum absolute atomic E-state index is 11.4. The Hall–Kier alpha value is -0.280. The zero-order chi connectivity index (χ0) is 12.3. The topological polar surface area (TPSA) is 73.5 Å². The molecule has 16 heavy (non-hydrogen) atoms. The van der Waals surface area contributed by atoms with Crippen molar-refractivity contribution < 1.29 is 9.59 Å². The first-order valence-electron chi connectivity index (χ1n) is 5.14. The predicted molar refractivity (Wildman–Crippen MR) is 66.2 cm³/mol. The van der Waals surface area contributed by atoms with Crippen LogP contribution in [0.3, 0.4) is 0 Å². The summed E-state index contributed by atoms with van der Waals surface area (Å²) in [4.78, 5) is 26.0. The van der Waals surface area contributed by atoms with Gasteiger partial charge in [-0.1, -0.05) is 27.7 Å². The van der Waals surface area contributed by atoms with E-state index in [9.17, 15) is 9.59 Å². The number of carbonyl (C=O) groups excluding carboxylic acids is 2. The lowest BCUT2D eigenvalue weighted by Crippen LogP contribution is -2.48. The Labute approximate surface area is 98.7 Å².